The van der Waals surface area contributed by atoms with E-state index in [2.05, 4.69) is 5.32 Å². The van der Waals surface area contributed by atoms with Crippen LogP contribution in [0.1, 0.15) is 13.3 Å². The molecule has 0 radical (unpaired) electrons. The fourth-order valence-corrected chi connectivity index (χ4v) is 4.19. The van der Waals surface area contributed by atoms with Crippen LogP contribution in [0.25, 0.3) is 0 Å². The minimum absolute atomic E-state index is 0.200. The Bertz CT molecular complexity index is 904. The fraction of sp³-hybridized carbons (Fsp3) is 0.316. The molecule has 1 amide bonds. The number of amides is 1. The monoisotopic (exact) mass is 444 g/mol. The largest absolute Gasteiger partial charge is 0.490 e. The van der Waals surface area contributed by atoms with Gasteiger partial charge >= 0.3 is 0 Å². The molecule has 0 aromatic heterocycles. The number of hydrogen-bond acceptors (Lipinski definition) is 4. The summed E-state index contributed by atoms with van der Waals surface area (Å²) in [5.74, 6) is 0.106. The van der Waals surface area contributed by atoms with Gasteiger partial charge in [0.25, 0.3) is 0 Å². The fourth-order valence-electron chi connectivity index (χ4n) is 2.66. The highest BCUT2D eigenvalue weighted by atomic mass is 35.5. The van der Waals surface area contributed by atoms with Crippen LogP contribution >= 0.6 is 23.2 Å². The maximum atomic E-state index is 12.7. The number of ether oxygens (including phenoxy) is 1. The van der Waals surface area contributed by atoms with Crippen LogP contribution in [0.5, 0.6) is 5.75 Å². The number of hydrogen-bond donors (Lipinski definition) is 1. The van der Waals surface area contributed by atoms with Gasteiger partial charge in [-0.2, -0.15) is 0 Å². The van der Waals surface area contributed by atoms with Crippen molar-refractivity contribution in [1.29, 1.82) is 0 Å². The van der Waals surface area contributed by atoms with Gasteiger partial charge in [-0.1, -0.05) is 42.3 Å². The number of sulfonamides is 1. The van der Waals surface area contributed by atoms with Gasteiger partial charge in [0.1, 0.15) is 18.4 Å². The third kappa shape index (κ3) is 6.02. The van der Waals surface area contributed by atoms with Crippen molar-refractivity contribution in [3.8, 4) is 5.75 Å². The molecule has 28 heavy (non-hydrogen) atoms. The van der Waals surface area contributed by atoms with E-state index in [4.69, 9.17) is 27.9 Å². The molecule has 9 heteroatoms. The SMILES string of the molecule is CC[C@@H](C(=O)NCCOc1ccccc1Cl)N(c1ccc(Cl)cc1)S(C)(=O)=O. The zero-order valence-corrected chi connectivity index (χ0v) is 17.9. The molecule has 2 rings (SSSR count). The van der Waals surface area contributed by atoms with Crippen molar-refractivity contribution in [2.45, 2.75) is 19.4 Å². The Labute approximate surface area is 175 Å². The quantitative estimate of drug-likeness (QED) is 0.597. The van der Waals surface area contributed by atoms with Crippen LogP contribution in [-0.4, -0.2) is 39.8 Å². The van der Waals surface area contributed by atoms with Gasteiger partial charge in [-0.3, -0.25) is 9.10 Å². The van der Waals surface area contributed by atoms with Crippen LogP contribution in [0, 0.1) is 0 Å². The van der Waals surface area contributed by atoms with E-state index in [-0.39, 0.29) is 13.2 Å². The average molecular weight is 445 g/mol. The zero-order valence-electron chi connectivity index (χ0n) is 15.6. The third-order valence-electron chi connectivity index (χ3n) is 3.91. The second-order valence-electron chi connectivity index (χ2n) is 6.03. The summed E-state index contributed by atoms with van der Waals surface area (Å²) in [5, 5.41) is 3.67. The van der Waals surface area contributed by atoms with Gasteiger partial charge in [0.15, 0.2) is 0 Å². The zero-order chi connectivity index (χ0) is 20.7. The van der Waals surface area contributed by atoms with E-state index < -0.39 is 22.0 Å². The van der Waals surface area contributed by atoms with Crippen molar-refractivity contribution in [3.05, 3.63) is 58.6 Å². The lowest BCUT2D eigenvalue weighted by Gasteiger charge is -2.30. The van der Waals surface area contributed by atoms with E-state index in [0.29, 0.717) is 27.9 Å². The highest BCUT2D eigenvalue weighted by molar-refractivity contribution is 7.92. The molecule has 2 aromatic carbocycles. The molecular weight excluding hydrogens is 423 g/mol. The lowest BCUT2D eigenvalue weighted by atomic mass is 10.2. The summed E-state index contributed by atoms with van der Waals surface area (Å²) in [7, 11) is -3.69. The smallest absolute Gasteiger partial charge is 0.244 e. The molecule has 0 bridgehead atoms. The van der Waals surface area contributed by atoms with Gasteiger partial charge in [0.05, 0.1) is 23.5 Å². The van der Waals surface area contributed by atoms with Crippen molar-refractivity contribution >= 4 is 44.8 Å². The molecule has 0 saturated heterocycles. The van der Waals surface area contributed by atoms with Crippen molar-refractivity contribution in [3.63, 3.8) is 0 Å². The van der Waals surface area contributed by atoms with E-state index in [9.17, 15) is 13.2 Å². The minimum Gasteiger partial charge on any atom is -0.490 e. The average Bonchev–Trinajstić information content (AvgIpc) is 2.64. The van der Waals surface area contributed by atoms with Crippen LogP contribution in [-0.2, 0) is 14.8 Å². The number of rotatable bonds is 9. The molecule has 152 valence electrons. The lowest BCUT2D eigenvalue weighted by molar-refractivity contribution is -0.122. The molecular formula is C19H22Cl2N2O4S. The number of nitrogens with zero attached hydrogens (tertiary/aromatic N) is 1. The number of nitrogens with one attached hydrogen (secondary N) is 1. The Balaban J connectivity index is 2.05. The molecule has 0 spiro atoms. The first kappa shape index (κ1) is 22.3. The lowest BCUT2D eigenvalue weighted by Crippen LogP contribution is -2.50. The molecule has 0 heterocycles. The van der Waals surface area contributed by atoms with Crippen LogP contribution in [0.4, 0.5) is 5.69 Å². The second kappa shape index (κ2) is 10.0. The number of anilines is 1. The van der Waals surface area contributed by atoms with Crippen LogP contribution in [0.3, 0.4) is 0 Å². The van der Waals surface area contributed by atoms with Crippen molar-refractivity contribution < 1.29 is 17.9 Å². The molecule has 0 aliphatic carbocycles. The van der Waals surface area contributed by atoms with E-state index >= 15 is 0 Å². The normalized spacial score (nSPS) is 12.3. The van der Waals surface area contributed by atoms with Crippen molar-refractivity contribution in [2.75, 3.05) is 23.7 Å². The predicted octanol–water partition coefficient (Wildman–Crippen LogP) is 3.73. The first-order valence-electron chi connectivity index (χ1n) is 8.64. The van der Waals surface area contributed by atoms with Crippen molar-refractivity contribution in [2.24, 2.45) is 0 Å². The summed E-state index contributed by atoms with van der Waals surface area (Å²) < 4.78 is 31.3. The Morgan fingerprint density at radius 3 is 2.36 bits per heavy atom. The standard InChI is InChI=1S/C19H22Cl2N2O4S/c1-3-17(23(28(2,25)26)15-10-8-14(20)9-11-15)19(24)22-12-13-27-18-7-5-4-6-16(18)21/h4-11,17H,3,12-13H2,1-2H3,(H,22,24)/t17-/m0/s1. The Morgan fingerprint density at radius 2 is 1.79 bits per heavy atom. The minimum atomic E-state index is -3.69. The molecule has 0 fully saturated rings. The number of benzene rings is 2. The Morgan fingerprint density at radius 1 is 1.14 bits per heavy atom. The van der Waals surface area contributed by atoms with Crippen LogP contribution < -0.4 is 14.4 Å². The van der Waals surface area contributed by atoms with E-state index in [0.717, 1.165) is 10.6 Å². The van der Waals surface area contributed by atoms with E-state index in [1.165, 1.54) is 0 Å². The number of para-hydroxylation sites is 1. The molecule has 0 aliphatic heterocycles. The van der Waals surface area contributed by atoms with Gasteiger partial charge in [-0.05, 0) is 42.8 Å². The number of halogens is 2. The molecule has 0 unspecified atom stereocenters. The highest BCUT2D eigenvalue weighted by Gasteiger charge is 2.31. The van der Waals surface area contributed by atoms with Gasteiger partial charge in [0, 0.05) is 5.02 Å². The van der Waals surface area contributed by atoms with Gasteiger partial charge in [-0.25, -0.2) is 8.42 Å². The van der Waals surface area contributed by atoms with E-state index in [1.807, 2.05) is 0 Å². The van der Waals surface area contributed by atoms with Gasteiger partial charge in [0.2, 0.25) is 15.9 Å². The Kier molecular flexibility index (Phi) is 7.98. The molecule has 6 nitrogen and oxygen atoms in total. The molecule has 2 aromatic rings. The summed E-state index contributed by atoms with van der Waals surface area (Å²) in [6.07, 6.45) is 1.37. The first-order chi connectivity index (χ1) is 13.2. The van der Waals surface area contributed by atoms with Crippen LogP contribution in [0.2, 0.25) is 10.0 Å². The third-order valence-corrected chi connectivity index (χ3v) is 5.65. The van der Waals surface area contributed by atoms with Gasteiger partial charge < -0.3 is 10.1 Å². The topological polar surface area (TPSA) is 75.7 Å². The second-order valence-corrected chi connectivity index (χ2v) is 8.73. The van der Waals surface area contributed by atoms with Crippen LogP contribution in [0.15, 0.2) is 48.5 Å². The molecule has 1 N–H and O–H groups in total. The maximum absolute atomic E-state index is 12.7. The van der Waals surface area contributed by atoms with E-state index in [1.54, 1.807) is 55.5 Å². The summed E-state index contributed by atoms with van der Waals surface area (Å²) >= 11 is 11.9. The molecule has 1 atom stereocenters. The maximum Gasteiger partial charge on any atom is 0.244 e. The number of carbonyl (C=O) groups excluding carboxylic acids is 1. The molecule has 0 saturated carbocycles. The molecule has 0 aliphatic rings. The summed E-state index contributed by atoms with van der Waals surface area (Å²) in [5.41, 5.74) is 0.376. The highest BCUT2D eigenvalue weighted by Crippen LogP contribution is 2.25. The van der Waals surface area contributed by atoms with Gasteiger partial charge in [-0.15, -0.1) is 0 Å². The summed E-state index contributed by atoms with van der Waals surface area (Å²) in [4.78, 5) is 12.7. The number of carbonyl (C=O) groups is 1. The first-order valence-corrected chi connectivity index (χ1v) is 11.2. The summed E-state index contributed by atoms with van der Waals surface area (Å²) in [6, 6.07) is 12.4. The Hall–Kier alpha value is -1.96. The summed E-state index contributed by atoms with van der Waals surface area (Å²) in [6.45, 7) is 2.16. The van der Waals surface area contributed by atoms with Crippen molar-refractivity contribution in [1.82, 2.24) is 5.32 Å². The predicted molar refractivity (Wildman–Crippen MR) is 113 cm³/mol.